The number of hydrogen-bond donors (Lipinski definition) is 2. The van der Waals surface area contributed by atoms with Crippen molar-refractivity contribution < 1.29 is 14.8 Å². The van der Waals surface area contributed by atoms with Gasteiger partial charge in [0.2, 0.25) is 0 Å². The second kappa shape index (κ2) is 6.99. The van der Waals surface area contributed by atoms with E-state index in [1.54, 1.807) is 12.1 Å². The van der Waals surface area contributed by atoms with Crippen molar-refractivity contribution in [3.63, 3.8) is 0 Å². The molecule has 4 heteroatoms. The predicted octanol–water partition coefficient (Wildman–Crippen LogP) is 0.00430. The molecule has 0 fully saturated rings. The van der Waals surface area contributed by atoms with Crippen molar-refractivity contribution in [2.24, 2.45) is 0 Å². The van der Waals surface area contributed by atoms with Crippen LogP contribution in [0.5, 0.6) is 0 Å². The molecule has 0 heterocycles. The lowest BCUT2D eigenvalue weighted by atomic mass is 10.2. The molecule has 0 spiro atoms. The standard InChI is InChI=1S/C7H6O.BH2O2/c8-6-7-4-2-1-3-5-7;2-1-3/h1-6H;2-3H. The fraction of sp³-hybridized carbons (Fsp3) is 0. The Hall–Kier alpha value is -1.13. The van der Waals surface area contributed by atoms with Crippen LogP contribution in [0.15, 0.2) is 30.3 Å². The van der Waals surface area contributed by atoms with Crippen LogP contribution in [0.25, 0.3) is 0 Å². The lowest BCUT2D eigenvalue weighted by molar-refractivity contribution is 0.112. The zero-order valence-electron chi connectivity index (χ0n) is 5.84. The highest BCUT2D eigenvalue weighted by Crippen LogP contribution is 1.91. The van der Waals surface area contributed by atoms with Crippen molar-refractivity contribution in [1.29, 1.82) is 0 Å². The van der Waals surface area contributed by atoms with E-state index in [-0.39, 0.29) is 7.69 Å². The second-order valence-corrected chi connectivity index (χ2v) is 1.64. The molecule has 1 aromatic rings. The minimum Gasteiger partial charge on any atom is -0.429 e. The molecule has 0 saturated heterocycles. The smallest absolute Gasteiger partial charge is 0.429 e. The van der Waals surface area contributed by atoms with Gasteiger partial charge in [0.15, 0.2) is 0 Å². The van der Waals surface area contributed by atoms with Crippen LogP contribution < -0.4 is 0 Å². The summed E-state index contributed by atoms with van der Waals surface area (Å²) in [6.45, 7) is 0. The zero-order valence-corrected chi connectivity index (χ0v) is 5.84. The number of carbonyl (C=O) groups is 1. The largest absolute Gasteiger partial charge is 0.482 e. The molecule has 0 bridgehead atoms. The van der Waals surface area contributed by atoms with Crippen LogP contribution >= 0.6 is 0 Å². The van der Waals surface area contributed by atoms with Crippen molar-refractivity contribution in [2.45, 2.75) is 0 Å². The topological polar surface area (TPSA) is 57.5 Å². The van der Waals surface area contributed by atoms with E-state index in [1.807, 2.05) is 18.2 Å². The summed E-state index contributed by atoms with van der Waals surface area (Å²) in [6.07, 6.45) is 0.833. The van der Waals surface area contributed by atoms with Crippen LogP contribution in [0.2, 0.25) is 0 Å². The van der Waals surface area contributed by atoms with Gasteiger partial charge in [0.1, 0.15) is 6.29 Å². The van der Waals surface area contributed by atoms with E-state index >= 15 is 0 Å². The predicted molar refractivity (Wildman–Crippen MR) is 42.0 cm³/mol. The highest BCUT2D eigenvalue weighted by molar-refractivity contribution is 6.13. The molecule has 3 nitrogen and oxygen atoms in total. The lowest BCUT2D eigenvalue weighted by Gasteiger charge is -1.81. The molecule has 0 amide bonds. The van der Waals surface area contributed by atoms with Gasteiger partial charge in [-0.25, -0.2) is 0 Å². The maximum atomic E-state index is 10.0. The van der Waals surface area contributed by atoms with Gasteiger partial charge in [-0.05, 0) is 0 Å². The number of rotatable bonds is 1. The van der Waals surface area contributed by atoms with E-state index in [0.29, 0.717) is 0 Å². The first-order valence-corrected chi connectivity index (χ1v) is 2.95. The summed E-state index contributed by atoms with van der Waals surface area (Å²) in [6, 6.07) is 9.10. The average Bonchev–Trinajstić information content (AvgIpc) is 2.08. The van der Waals surface area contributed by atoms with E-state index in [2.05, 4.69) is 0 Å². The SMILES string of the molecule is O=Cc1ccccc1.O[B]O. The molecule has 0 atom stereocenters. The first-order valence-electron chi connectivity index (χ1n) is 2.95. The Morgan fingerprint density at radius 2 is 1.64 bits per heavy atom. The Bertz CT molecular complexity index is 188. The average molecular weight is 151 g/mol. The highest BCUT2D eigenvalue weighted by atomic mass is 16.4. The molecule has 1 aromatic carbocycles. The maximum absolute atomic E-state index is 10.0. The number of carbonyl (C=O) groups excluding carboxylic acids is 1. The summed E-state index contributed by atoms with van der Waals surface area (Å²) in [4.78, 5) is 10.0. The molecular formula is C7H8BO3. The fourth-order valence-electron chi connectivity index (χ4n) is 0.532. The van der Waals surface area contributed by atoms with Crippen LogP contribution in [0.3, 0.4) is 0 Å². The zero-order chi connectivity index (χ0) is 8.53. The van der Waals surface area contributed by atoms with Gasteiger partial charge in [0.25, 0.3) is 0 Å². The number of aldehydes is 1. The summed E-state index contributed by atoms with van der Waals surface area (Å²) in [5, 5.41) is 14.0. The van der Waals surface area contributed by atoms with Gasteiger partial charge in [0, 0.05) is 5.56 Å². The Labute approximate surface area is 65.6 Å². The van der Waals surface area contributed by atoms with Crippen LogP contribution in [0.1, 0.15) is 10.4 Å². The van der Waals surface area contributed by atoms with Crippen molar-refractivity contribution >= 4 is 14.0 Å². The summed E-state index contributed by atoms with van der Waals surface area (Å²) in [5.74, 6) is 0. The van der Waals surface area contributed by atoms with Crippen molar-refractivity contribution in [3.8, 4) is 0 Å². The molecule has 0 aliphatic carbocycles. The molecule has 11 heavy (non-hydrogen) atoms. The molecule has 0 aliphatic heterocycles. The minimum absolute atomic E-state index is 0. The summed E-state index contributed by atoms with van der Waals surface area (Å²) in [7, 11) is 0. The molecule has 1 rings (SSSR count). The van der Waals surface area contributed by atoms with Crippen LogP contribution in [-0.2, 0) is 0 Å². The van der Waals surface area contributed by atoms with Gasteiger partial charge >= 0.3 is 7.69 Å². The Kier molecular flexibility index (Phi) is 6.27. The van der Waals surface area contributed by atoms with E-state index in [4.69, 9.17) is 10.0 Å². The van der Waals surface area contributed by atoms with Crippen molar-refractivity contribution in [2.75, 3.05) is 0 Å². The van der Waals surface area contributed by atoms with Crippen LogP contribution in [0, 0.1) is 0 Å². The highest BCUT2D eigenvalue weighted by Gasteiger charge is 1.79. The molecule has 0 aliphatic rings. The second-order valence-electron chi connectivity index (χ2n) is 1.64. The quantitative estimate of drug-likeness (QED) is 0.438. The summed E-state index contributed by atoms with van der Waals surface area (Å²) in [5.41, 5.74) is 0.729. The van der Waals surface area contributed by atoms with E-state index in [0.717, 1.165) is 11.8 Å². The summed E-state index contributed by atoms with van der Waals surface area (Å²) >= 11 is 0. The summed E-state index contributed by atoms with van der Waals surface area (Å²) < 4.78 is 0. The molecule has 0 aromatic heterocycles. The van der Waals surface area contributed by atoms with Gasteiger partial charge in [-0.2, -0.15) is 0 Å². The van der Waals surface area contributed by atoms with Crippen molar-refractivity contribution in [1.82, 2.24) is 0 Å². The van der Waals surface area contributed by atoms with Gasteiger partial charge in [-0.3, -0.25) is 4.79 Å². The van der Waals surface area contributed by atoms with Gasteiger partial charge in [0.05, 0.1) is 0 Å². The van der Waals surface area contributed by atoms with E-state index in [1.165, 1.54) is 0 Å². The van der Waals surface area contributed by atoms with Crippen molar-refractivity contribution in [3.05, 3.63) is 35.9 Å². The van der Waals surface area contributed by atoms with Gasteiger partial charge in [-0.1, -0.05) is 30.3 Å². The third-order valence-electron chi connectivity index (χ3n) is 0.936. The van der Waals surface area contributed by atoms with Gasteiger partial charge < -0.3 is 10.0 Å². The normalized spacial score (nSPS) is 7.45. The molecule has 57 valence electrons. The molecule has 2 N–H and O–H groups in total. The minimum atomic E-state index is 0. The Morgan fingerprint density at radius 1 is 1.18 bits per heavy atom. The monoisotopic (exact) mass is 151 g/mol. The first-order chi connectivity index (χ1) is 5.35. The third kappa shape index (κ3) is 5.33. The van der Waals surface area contributed by atoms with Crippen LogP contribution in [-0.4, -0.2) is 24.0 Å². The Morgan fingerprint density at radius 3 is 1.91 bits per heavy atom. The number of hydrogen-bond acceptors (Lipinski definition) is 3. The molecule has 0 unspecified atom stereocenters. The van der Waals surface area contributed by atoms with Gasteiger partial charge in [-0.15, -0.1) is 0 Å². The molecule has 1 radical (unpaired) electrons. The first kappa shape index (κ1) is 9.87. The Balaban J connectivity index is 0.000000292. The van der Waals surface area contributed by atoms with E-state index < -0.39 is 0 Å². The lowest BCUT2D eigenvalue weighted by Crippen LogP contribution is -1.75. The fourth-order valence-corrected chi connectivity index (χ4v) is 0.532. The maximum Gasteiger partial charge on any atom is 0.482 e. The van der Waals surface area contributed by atoms with Crippen LogP contribution in [0.4, 0.5) is 0 Å². The molecular weight excluding hydrogens is 143 g/mol. The third-order valence-corrected chi connectivity index (χ3v) is 0.936. The molecule has 0 saturated carbocycles. The van der Waals surface area contributed by atoms with E-state index in [9.17, 15) is 4.79 Å². The number of benzene rings is 1.